The summed E-state index contributed by atoms with van der Waals surface area (Å²) in [6.45, 7) is 0. The van der Waals surface area contributed by atoms with Crippen LogP contribution in [0.4, 0.5) is 17.6 Å². The number of aromatic hydroxyl groups is 1. The van der Waals surface area contributed by atoms with Crippen molar-refractivity contribution in [3.8, 4) is 11.5 Å². The summed E-state index contributed by atoms with van der Waals surface area (Å²) in [7, 11) is 0. The summed E-state index contributed by atoms with van der Waals surface area (Å²) >= 11 is 5.70. The van der Waals surface area contributed by atoms with E-state index in [1.807, 2.05) is 0 Å². The third-order valence-corrected chi connectivity index (χ3v) is 3.20. The van der Waals surface area contributed by atoms with Crippen LogP contribution in [0.1, 0.15) is 17.2 Å². The van der Waals surface area contributed by atoms with E-state index in [2.05, 4.69) is 4.74 Å². The van der Waals surface area contributed by atoms with E-state index in [9.17, 15) is 22.7 Å². The first-order valence-electron chi connectivity index (χ1n) is 5.97. The standard InChI is InChI=1S/C14H10ClF4NO2/c15-9-5-6-10(16)11(13(9)21)12(20)7-1-3-8(4-2-7)22-14(17,18)19/h1-6,12,21H,20H2/t12-/m0/s1. The fraction of sp³-hybridized carbons (Fsp3) is 0.143. The number of ether oxygens (including phenoxy) is 1. The Morgan fingerprint density at radius 2 is 1.68 bits per heavy atom. The Hall–Kier alpha value is -1.99. The van der Waals surface area contributed by atoms with Gasteiger partial charge in [0, 0.05) is 0 Å². The molecule has 0 saturated heterocycles. The fourth-order valence-corrected chi connectivity index (χ4v) is 2.06. The van der Waals surface area contributed by atoms with Crippen molar-refractivity contribution < 1.29 is 27.4 Å². The molecule has 3 N–H and O–H groups in total. The van der Waals surface area contributed by atoms with Crippen LogP contribution in [0.5, 0.6) is 11.5 Å². The third kappa shape index (κ3) is 3.61. The topological polar surface area (TPSA) is 55.5 Å². The van der Waals surface area contributed by atoms with Crippen LogP contribution in [0.25, 0.3) is 0 Å². The lowest BCUT2D eigenvalue weighted by Crippen LogP contribution is -2.17. The maximum Gasteiger partial charge on any atom is 0.573 e. The summed E-state index contributed by atoms with van der Waals surface area (Å²) in [6, 6.07) is 5.68. The maximum absolute atomic E-state index is 13.8. The SMILES string of the molecule is N[C@@H](c1ccc(OC(F)(F)F)cc1)c1c(F)ccc(Cl)c1O. The molecular formula is C14H10ClF4NO2. The van der Waals surface area contributed by atoms with Gasteiger partial charge in [-0.25, -0.2) is 4.39 Å². The second-order valence-electron chi connectivity index (χ2n) is 4.39. The van der Waals surface area contributed by atoms with Crippen LogP contribution in [0, 0.1) is 5.82 Å². The molecule has 0 heterocycles. The van der Waals surface area contributed by atoms with Gasteiger partial charge in [-0.3, -0.25) is 0 Å². The monoisotopic (exact) mass is 335 g/mol. The van der Waals surface area contributed by atoms with Crippen LogP contribution >= 0.6 is 11.6 Å². The van der Waals surface area contributed by atoms with E-state index in [1.165, 1.54) is 18.2 Å². The minimum absolute atomic E-state index is 0.0797. The predicted molar refractivity (Wildman–Crippen MR) is 72.2 cm³/mol. The Kier molecular flexibility index (Phi) is 4.48. The van der Waals surface area contributed by atoms with Gasteiger partial charge >= 0.3 is 6.36 Å². The maximum atomic E-state index is 13.8. The van der Waals surface area contributed by atoms with Crippen molar-refractivity contribution in [3.05, 3.63) is 58.4 Å². The number of phenols is 1. The predicted octanol–water partition coefficient (Wildman–Crippen LogP) is 4.13. The first-order valence-corrected chi connectivity index (χ1v) is 6.35. The van der Waals surface area contributed by atoms with E-state index in [4.69, 9.17) is 17.3 Å². The second kappa shape index (κ2) is 6.02. The molecule has 0 fully saturated rings. The number of nitrogens with two attached hydrogens (primary N) is 1. The molecule has 0 spiro atoms. The Bertz CT molecular complexity index is 674. The third-order valence-electron chi connectivity index (χ3n) is 2.90. The van der Waals surface area contributed by atoms with E-state index >= 15 is 0 Å². The van der Waals surface area contributed by atoms with Crippen LogP contribution in [-0.4, -0.2) is 11.5 Å². The molecule has 0 amide bonds. The van der Waals surface area contributed by atoms with E-state index in [1.54, 1.807) is 0 Å². The largest absolute Gasteiger partial charge is 0.573 e. The van der Waals surface area contributed by atoms with Gasteiger partial charge in [0.1, 0.15) is 17.3 Å². The Morgan fingerprint density at radius 1 is 1.09 bits per heavy atom. The number of hydrogen-bond donors (Lipinski definition) is 2. The van der Waals surface area contributed by atoms with Gasteiger partial charge in [-0.2, -0.15) is 0 Å². The first-order chi connectivity index (χ1) is 10.2. The summed E-state index contributed by atoms with van der Waals surface area (Å²) in [6.07, 6.45) is -4.80. The van der Waals surface area contributed by atoms with Gasteiger partial charge in [0.2, 0.25) is 0 Å². The molecule has 0 aliphatic carbocycles. The second-order valence-corrected chi connectivity index (χ2v) is 4.79. The van der Waals surface area contributed by atoms with Crippen molar-refractivity contribution in [1.29, 1.82) is 0 Å². The minimum Gasteiger partial charge on any atom is -0.506 e. The van der Waals surface area contributed by atoms with Crippen molar-refractivity contribution >= 4 is 11.6 Å². The Morgan fingerprint density at radius 3 is 2.23 bits per heavy atom. The van der Waals surface area contributed by atoms with Crippen molar-refractivity contribution in [2.45, 2.75) is 12.4 Å². The fourth-order valence-electron chi connectivity index (χ4n) is 1.90. The number of rotatable bonds is 3. The number of phenolic OH excluding ortho intramolecular Hbond substituents is 1. The lowest BCUT2D eigenvalue weighted by Gasteiger charge is -2.16. The number of benzene rings is 2. The van der Waals surface area contributed by atoms with Crippen LogP contribution in [0.15, 0.2) is 36.4 Å². The summed E-state index contributed by atoms with van der Waals surface area (Å²) in [5.74, 6) is -1.71. The van der Waals surface area contributed by atoms with Gasteiger partial charge in [0.05, 0.1) is 16.6 Å². The molecule has 3 nitrogen and oxygen atoms in total. The minimum atomic E-state index is -4.80. The molecule has 2 aromatic carbocycles. The van der Waals surface area contributed by atoms with Crippen LogP contribution in [0.2, 0.25) is 5.02 Å². The van der Waals surface area contributed by atoms with E-state index < -0.39 is 29.7 Å². The molecule has 2 rings (SSSR count). The highest BCUT2D eigenvalue weighted by Crippen LogP contribution is 2.36. The number of alkyl halides is 3. The molecule has 0 saturated carbocycles. The number of hydrogen-bond acceptors (Lipinski definition) is 3. The first kappa shape index (κ1) is 16.4. The normalized spacial score (nSPS) is 13.0. The summed E-state index contributed by atoms with van der Waals surface area (Å²) < 4.78 is 53.7. The summed E-state index contributed by atoms with van der Waals surface area (Å²) in [4.78, 5) is 0. The van der Waals surface area contributed by atoms with Gasteiger partial charge < -0.3 is 15.6 Å². The molecule has 0 radical (unpaired) electrons. The number of halogens is 5. The van der Waals surface area contributed by atoms with E-state index in [-0.39, 0.29) is 16.1 Å². The van der Waals surface area contributed by atoms with Gasteiger partial charge in [-0.1, -0.05) is 23.7 Å². The average molecular weight is 336 g/mol. The quantitative estimate of drug-likeness (QED) is 0.829. The summed E-state index contributed by atoms with van der Waals surface area (Å²) in [5.41, 5.74) is 5.89. The zero-order valence-electron chi connectivity index (χ0n) is 10.9. The van der Waals surface area contributed by atoms with Crippen LogP contribution in [-0.2, 0) is 0 Å². The van der Waals surface area contributed by atoms with Gasteiger partial charge in [0.25, 0.3) is 0 Å². The Balaban J connectivity index is 2.31. The molecule has 118 valence electrons. The molecule has 0 unspecified atom stereocenters. The highest BCUT2D eigenvalue weighted by molar-refractivity contribution is 6.32. The molecule has 0 bridgehead atoms. The van der Waals surface area contributed by atoms with Gasteiger partial charge in [-0.05, 0) is 29.8 Å². The van der Waals surface area contributed by atoms with Crippen molar-refractivity contribution in [2.24, 2.45) is 5.73 Å². The van der Waals surface area contributed by atoms with Crippen molar-refractivity contribution in [2.75, 3.05) is 0 Å². The van der Waals surface area contributed by atoms with Crippen LogP contribution in [0.3, 0.4) is 0 Å². The van der Waals surface area contributed by atoms with Gasteiger partial charge in [0.15, 0.2) is 0 Å². The van der Waals surface area contributed by atoms with Crippen molar-refractivity contribution in [1.82, 2.24) is 0 Å². The molecule has 0 aliphatic rings. The molecule has 0 aromatic heterocycles. The van der Waals surface area contributed by atoms with Gasteiger partial charge in [-0.15, -0.1) is 13.2 Å². The molecule has 0 aliphatic heterocycles. The molecule has 1 atom stereocenters. The highest BCUT2D eigenvalue weighted by atomic mass is 35.5. The van der Waals surface area contributed by atoms with Crippen LogP contribution < -0.4 is 10.5 Å². The van der Waals surface area contributed by atoms with Crippen molar-refractivity contribution in [3.63, 3.8) is 0 Å². The highest BCUT2D eigenvalue weighted by Gasteiger charge is 2.31. The van der Waals surface area contributed by atoms with E-state index in [0.29, 0.717) is 0 Å². The lowest BCUT2D eigenvalue weighted by molar-refractivity contribution is -0.274. The van der Waals surface area contributed by atoms with E-state index in [0.717, 1.165) is 18.2 Å². The zero-order chi connectivity index (χ0) is 16.5. The molecule has 22 heavy (non-hydrogen) atoms. The molecule has 8 heteroatoms. The zero-order valence-corrected chi connectivity index (χ0v) is 11.6. The average Bonchev–Trinajstić information content (AvgIpc) is 2.42. The molecular weight excluding hydrogens is 326 g/mol. The Labute approximate surface area is 127 Å². The molecule has 2 aromatic rings. The smallest absolute Gasteiger partial charge is 0.506 e. The lowest BCUT2D eigenvalue weighted by atomic mass is 9.98. The summed E-state index contributed by atoms with van der Waals surface area (Å²) in [5, 5.41) is 9.71.